The lowest BCUT2D eigenvalue weighted by Crippen LogP contribution is -2.17. The highest BCUT2D eigenvalue weighted by atomic mass is 16.5. The van der Waals surface area contributed by atoms with Gasteiger partial charge in [-0.1, -0.05) is 0 Å². The lowest BCUT2D eigenvalue weighted by molar-refractivity contribution is -0.116. The molecule has 1 aliphatic rings. The second-order valence-corrected chi connectivity index (χ2v) is 4.21. The fraction of sp³-hybridized carbons (Fsp3) is 0.462. The Hall–Kier alpha value is -1.59. The number of benzene rings is 1. The molecule has 98 valence electrons. The van der Waals surface area contributed by atoms with Crippen LogP contribution in [-0.2, 0) is 9.53 Å². The van der Waals surface area contributed by atoms with E-state index < -0.39 is 0 Å². The second kappa shape index (κ2) is 6.37. The Morgan fingerprint density at radius 2 is 2.22 bits per heavy atom. The van der Waals surface area contributed by atoms with E-state index in [0.717, 1.165) is 24.5 Å². The van der Waals surface area contributed by atoms with Gasteiger partial charge in [-0.15, -0.1) is 0 Å². The molecule has 5 nitrogen and oxygen atoms in total. The third-order valence-corrected chi connectivity index (χ3v) is 2.70. The van der Waals surface area contributed by atoms with Crippen molar-refractivity contribution < 1.29 is 14.3 Å². The third-order valence-electron chi connectivity index (χ3n) is 2.70. The van der Waals surface area contributed by atoms with Gasteiger partial charge < -0.3 is 20.5 Å². The highest BCUT2D eigenvalue weighted by molar-refractivity contribution is 5.90. The van der Waals surface area contributed by atoms with E-state index in [0.29, 0.717) is 19.6 Å². The predicted molar refractivity (Wildman–Crippen MR) is 68.6 cm³/mol. The van der Waals surface area contributed by atoms with Gasteiger partial charge in [-0.25, -0.2) is 0 Å². The molecule has 1 unspecified atom stereocenters. The molecule has 18 heavy (non-hydrogen) atoms. The highest BCUT2D eigenvalue weighted by Gasteiger charge is 2.16. The van der Waals surface area contributed by atoms with Crippen LogP contribution in [0, 0.1) is 0 Å². The van der Waals surface area contributed by atoms with Crippen LogP contribution in [0.15, 0.2) is 24.3 Å². The second-order valence-electron chi connectivity index (χ2n) is 4.21. The fourth-order valence-corrected chi connectivity index (χ4v) is 1.77. The molecular formula is C13H18N2O3. The number of rotatable bonds is 5. The molecule has 5 heteroatoms. The SMILES string of the molecule is NCCC(=O)Nc1ccc(OC2CCOC2)cc1. The first-order valence-corrected chi connectivity index (χ1v) is 6.12. The zero-order chi connectivity index (χ0) is 12.8. The maximum absolute atomic E-state index is 11.3. The van der Waals surface area contributed by atoms with Crippen LogP contribution in [0.5, 0.6) is 5.75 Å². The molecule has 1 atom stereocenters. The lowest BCUT2D eigenvalue weighted by Gasteiger charge is -2.12. The number of nitrogens with two attached hydrogens (primary N) is 1. The minimum atomic E-state index is -0.0737. The Kier molecular flexibility index (Phi) is 4.55. The van der Waals surface area contributed by atoms with Crippen molar-refractivity contribution in [3.05, 3.63) is 24.3 Å². The van der Waals surface area contributed by atoms with Crippen LogP contribution in [-0.4, -0.2) is 31.8 Å². The molecular weight excluding hydrogens is 232 g/mol. The molecule has 1 aromatic carbocycles. The molecule has 1 heterocycles. The Balaban J connectivity index is 1.86. The Morgan fingerprint density at radius 1 is 1.44 bits per heavy atom. The van der Waals surface area contributed by atoms with E-state index in [1.807, 2.05) is 24.3 Å². The van der Waals surface area contributed by atoms with Crippen LogP contribution in [0.3, 0.4) is 0 Å². The first-order chi connectivity index (χ1) is 8.78. The molecule has 0 saturated carbocycles. The molecule has 1 fully saturated rings. The van der Waals surface area contributed by atoms with Gasteiger partial charge >= 0.3 is 0 Å². The van der Waals surface area contributed by atoms with Crippen LogP contribution < -0.4 is 15.8 Å². The summed E-state index contributed by atoms with van der Waals surface area (Å²) in [4.78, 5) is 11.3. The number of nitrogens with one attached hydrogen (secondary N) is 1. The molecule has 1 aromatic rings. The number of hydrogen-bond acceptors (Lipinski definition) is 4. The molecule has 0 radical (unpaired) electrons. The van der Waals surface area contributed by atoms with Crippen molar-refractivity contribution in [3.8, 4) is 5.75 Å². The number of carbonyl (C=O) groups excluding carboxylic acids is 1. The average molecular weight is 250 g/mol. The molecule has 1 aliphatic heterocycles. The lowest BCUT2D eigenvalue weighted by atomic mass is 10.2. The average Bonchev–Trinajstić information content (AvgIpc) is 2.85. The van der Waals surface area contributed by atoms with Gasteiger partial charge in [-0.3, -0.25) is 4.79 Å². The largest absolute Gasteiger partial charge is 0.488 e. The van der Waals surface area contributed by atoms with Crippen molar-refractivity contribution in [1.29, 1.82) is 0 Å². The van der Waals surface area contributed by atoms with Crippen LogP contribution in [0.2, 0.25) is 0 Å². The Morgan fingerprint density at radius 3 is 2.83 bits per heavy atom. The maximum atomic E-state index is 11.3. The van der Waals surface area contributed by atoms with E-state index in [1.165, 1.54) is 0 Å². The van der Waals surface area contributed by atoms with Gasteiger partial charge in [0.2, 0.25) is 5.91 Å². The van der Waals surface area contributed by atoms with E-state index in [-0.39, 0.29) is 12.0 Å². The summed E-state index contributed by atoms with van der Waals surface area (Å²) in [5, 5.41) is 2.76. The summed E-state index contributed by atoms with van der Waals surface area (Å²) < 4.78 is 11.0. The summed E-state index contributed by atoms with van der Waals surface area (Å²) in [6.07, 6.45) is 1.40. The maximum Gasteiger partial charge on any atom is 0.225 e. The molecule has 0 aliphatic carbocycles. The van der Waals surface area contributed by atoms with Crippen molar-refractivity contribution in [2.75, 3.05) is 25.1 Å². The van der Waals surface area contributed by atoms with Crippen molar-refractivity contribution >= 4 is 11.6 Å². The summed E-state index contributed by atoms with van der Waals surface area (Å²) in [5.41, 5.74) is 6.06. The summed E-state index contributed by atoms with van der Waals surface area (Å²) in [6, 6.07) is 7.33. The van der Waals surface area contributed by atoms with Gasteiger partial charge in [0.15, 0.2) is 0 Å². The Bertz CT molecular complexity index is 386. The van der Waals surface area contributed by atoms with Crippen LogP contribution in [0.25, 0.3) is 0 Å². The minimum absolute atomic E-state index is 0.0737. The number of carbonyl (C=O) groups is 1. The van der Waals surface area contributed by atoms with Crippen LogP contribution >= 0.6 is 0 Å². The van der Waals surface area contributed by atoms with Crippen LogP contribution in [0.1, 0.15) is 12.8 Å². The first-order valence-electron chi connectivity index (χ1n) is 6.12. The molecule has 1 amide bonds. The van der Waals surface area contributed by atoms with E-state index in [2.05, 4.69) is 5.32 Å². The molecule has 1 saturated heterocycles. The molecule has 3 N–H and O–H groups in total. The van der Waals surface area contributed by atoms with E-state index in [9.17, 15) is 4.79 Å². The van der Waals surface area contributed by atoms with Gasteiger partial charge in [-0.05, 0) is 24.3 Å². The monoisotopic (exact) mass is 250 g/mol. The minimum Gasteiger partial charge on any atom is -0.488 e. The zero-order valence-corrected chi connectivity index (χ0v) is 10.2. The highest BCUT2D eigenvalue weighted by Crippen LogP contribution is 2.19. The van der Waals surface area contributed by atoms with Gasteiger partial charge in [0, 0.05) is 25.1 Å². The molecule has 0 bridgehead atoms. The summed E-state index contributed by atoms with van der Waals surface area (Å²) in [7, 11) is 0. The number of hydrogen-bond donors (Lipinski definition) is 2. The Labute approximate surface area is 106 Å². The van der Waals surface area contributed by atoms with Crippen molar-refractivity contribution in [1.82, 2.24) is 0 Å². The fourth-order valence-electron chi connectivity index (χ4n) is 1.77. The number of amides is 1. The van der Waals surface area contributed by atoms with Gasteiger partial charge in [0.05, 0.1) is 13.2 Å². The van der Waals surface area contributed by atoms with Crippen molar-refractivity contribution in [3.63, 3.8) is 0 Å². The third kappa shape index (κ3) is 3.72. The number of ether oxygens (including phenoxy) is 2. The predicted octanol–water partition coefficient (Wildman–Crippen LogP) is 1.14. The van der Waals surface area contributed by atoms with E-state index in [1.54, 1.807) is 0 Å². The standard InChI is InChI=1S/C13H18N2O3/c14-7-5-13(16)15-10-1-3-11(4-2-10)18-12-6-8-17-9-12/h1-4,12H,5-9,14H2,(H,15,16). The van der Waals surface area contributed by atoms with Crippen molar-refractivity contribution in [2.24, 2.45) is 5.73 Å². The van der Waals surface area contributed by atoms with Gasteiger partial charge in [-0.2, -0.15) is 0 Å². The van der Waals surface area contributed by atoms with Gasteiger partial charge in [0.1, 0.15) is 11.9 Å². The van der Waals surface area contributed by atoms with Crippen LogP contribution in [0.4, 0.5) is 5.69 Å². The van der Waals surface area contributed by atoms with E-state index in [4.69, 9.17) is 15.2 Å². The van der Waals surface area contributed by atoms with E-state index >= 15 is 0 Å². The van der Waals surface area contributed by atoms with Crippen molar-refractivity contribution in [2.45, 2.75) is 18.9 Å². The molecule has 2 rings (SSSR count). The number of anilines is 1. The smallest absolute Gasteiger partial charge is 0.225 e. The normalized spacial score (nSPS) is 18.6. The first kappa shape index (κ1) is 12.9. The summed E-state index contributed by atoms with van der Waals surface area (Å²) in [6.45, 7) is 1.77. The summed E-state index contributed by atoms with van der Waals surface area (Å²) in [5.74, 6) is 0.720. The topological polar surface area (TPSA) is 73.6 Å². The molecule has 0 spiro atoms. The quantitative estimate of drug-likeness (QED) is 0.822. The van der Waals surface area contributed by atoms with Gasteiger partial charge in [0.25, 0.3) is 0 Å². The zero-order valence-electron chi connectivity index (χ0n) is 10.2. The molecule has 0 aromatic heterocycles. The summed E-state index contributed by atoms with van der Waals surface area (Å²) >= 11 is 0.